The summed E-state index contributed by atoms with van der Waals surface area (Å²) in [6.07, 6.45) is 1.56. The molecule has 0 unspecified atom stereocenters. The van der Waals surface area contributed by atoms with Crippen molar-refractivity contribution in [1.29, 1.82) is 0 Å². The van der Waals surface area contributed by atoms with Gasteiger partial charge < -0.3 is 9.52 Å². The third-order valence-corrected chi connectivity index (χ3v) is 5.37. The molecule has 0 aliphatic rings. The molecule has 25 heavy (non-hydrogen) atoms. The van der Waals surface area contributed by atoms with Crippen LogP contribution in [0.15, 0.2) is 65.3 Å². The molecule has 0 aliphatic carbocycles. The first-order valence-electron chi connectivity index (χ1n) is 7.50. The van der Waals surface area contributed by atoms with Crippen LogP contribution in [0, 0.1) is 0 Å². The Balaban J connectivity index is 2.16. The van der Waals surface area contributed by atoms with E-state index in [0.29, 0.717) is 27.5 Å². The van der Waals surface area contributed by atoms with Gasteiger partial charge in [0.05, 0.1) is 21.3 Å². The van der Waals surface area contributed by atoms with Gasteiger partial charge in [-0.3, -0.25) is 0 Å². The SMILES string of the molecule is Oc1ccc2ccccc2c1-c1cc(Cl)c(Cl)c(Cl)c1-c1ccco1. The van der Waals surface area contributed by atoms with Gasteiger partial charge in [0.1, 0.15) is 11.5 Å². The Morgan fingerprint density at radius 1 is 0.800 bits per heavy atom. The Morgan fingerprint density at radius 2 is 1.60 bits per heavy atom. The summed E-state index contributed by atoms with van der Waals surface area (Å²) in [6.45, 7) is 0. The second-order valence-electron chi connectivity index (χ2n) is 5.57. The predicted octanol–water partition coefficient (Wildman–Crippen LogP) is 7.43. The zero-order valence-electron chi connectivity index (χ0n) is 12.8. The Kier molecular flexibility index (Phi) is 4.12. The van der Waals surface area contributed by atoms with Gasteiger partial charge in [-0.15, -0.1) is 0 Å². The fourth-order valence-corrected chi connectivity index (χ4v) is 3.69. The lowest BCUT2D eigenvalue weighted by Gasteiger charge is -2.16. The third-order valence-electron chi connectivity index (χ3n) is 4.11. The maximum Gasteiger partial charge on any atom is 0.136 e. The normalized spacial score (nSPS) is 11.2. The van der Waals surface area contributed by atoms with Crippen LogP contribution in [-0.2, 0) is 0 Å². The Labute approximate surface area is 159 Å². The second kappa shape index (κ2) is 6.30. The van der Waals surface area contributed by atoms with Crippen LogP contribution in [-0.4, -0.2) is 5.11 Å². The lowest BCUT2D eigenvalue weighted by Crippen LogP contribution is -1.90. The van der Waals surface area contributed by atoms with Gasteiger partial charge >= 0.3 is 0 Å². The molecule has 0 radical (unpaired) electrons. The molecular weight excluding hydrogens is 379 g/mol. The molecule has 1 N–H and O–H groups in total. The molecule has 1 heterocycles. The van der Waals surface area contributed by atoms with Crippen LogP contribution in [0.5, 0.6) is 5.75 Å². The van der Waals surface area contributed by atoms with E-state index >= 15 is 0 Å². The van der Waals surface area contributed by atoms with E-state index in [1.165, 1.54) is 0 Å². The summed E-state index contributed by atoms with van der Waals surface area (Å²) in [6, 6.07) is 16.5. The van der Waals surface area contributed by atoms with Crippen LogP contribution in [0.2, 0.25) is 15.1 Å². The third kappa shape index (κ3) is 2.67. The molecule has 0 atom stereocenters. The summed E-state index contributed by atoms with van der Waals surface area (Å²) in [4.78, 5) is 0. The van der Waals surface area contributed by atoms with Gasteiger partial charge in [-0.1, -0.05) is 65.1 Å². The Hall–Kier alpha value is -2.13. The molecule has 4 rings (SSSR count). The molecule has 0 bridgehead atoms. The van der Waals surface area contributed by atoms with Gasteiger partial charge in [-0.05, 0) is 35.0 Å². The molecule has 2 nitrogen and oxygen atoms in total. The average molecular weight is 390 g/mol. The summed E-state index contributed by atoms with van der Waals surface area (Å²) in [5.41, 5.74) is 1.88. The number of phenols is 1. The summed E-state index contributed by atoms with van der Waals surface area (Å²) >= 11 is 19.0. The molecule has 1 aromatic heterocycles. The summed E-state index contributed by atoms with van der Waals surface area (Å²) in [5.74, 6) is 0.673. The van der Waals surface area contributed by atoms with E-state index in [9.17, 15) is 5.11 Å². The fourth-order valence-electron chi connectivity index (χ4n) is 3.00. The molecule has 4 aromatic rings. The number of phenolic OH excluding ortho intramolecular Hbond substituents is 1. The van der Waals surface area contributed by atoms with E-state index in [0.717, 1.165) is 10.8 Å². The van der Waals surface area contributed by atoms with Crippen LogP contribution in [0.4, 0.5) is 0 Å². The standard InChI is InChI=1S/C20H11Cl3O2/c21-14-10-13(18(20(23)19(14)22)16-6-3-9-25-16)17-12-5-2-1-4-11(12)7-8-15(17)24/h1-10,24H. The van der Waals surface area contributed by atoms with Crippen molar-refractivity contribution < 1.29 is 9.52 Å². The van der Waals surface area contributed by atoms with Gasteiger partial charge in [0.15, 0.2) is 0 Å². The highest BCUT2D eigenvalue weighted by atomic mass is 35.5. The number of fused-ring (bicyclic) bond motifs is 1. The van der Waals surface area contributed by atoms with Crippen LogP contribution in [0.3, 0.4) is 0 Å². The van der Waals surface area contributed by atoms with Gasteiger partial charge in [-0.2, -0.15) is 0 Å². The molecule has 0 spiro atoms. The minimum Gasteiger partial charge on any atom is -0.507 e. The number of benzene rings is 3. The van der Waals surface area contributed by atoms with Crippen LogP contribution >= 0.6 is 34.8 Å². The molecule has 0 amide bonds. The number of hydrogen-bond donors (Lipinski definition) is 1. The van der Waals surface area contributed by atoms with E-state index < -0.39 is 0 Å². The van der Waals surface area contributed by atoms with Crippen LogP contribution < -0.4 is 0 Å². The van der Waals surface area contributed by atoms with E-state index in [1.807, 2.05) is 30.3 Å². The summed E-state index contributed by atoms with van der Waals surface area (Å²) in [5, 5.41) is 13.3. The van der Waals surface area contributed by atoms with Crippen molar-refractivity contribution >= 4 is 45.6 Å². The van der Waals surface area contributed by atoms with Gasteiger partial charge in [0.25, 0.3) is 0 Å². The quantitative estimate of drug-likeness (QED) is 0.361. The van der Waals surface area contributed by atoms with E-state index in [-0.39, 0.29) is 15.8 Å². The number of rotatable bonds is 2. The highest BCUT2D eigenvalue weighted by Crippen LogP contribution is 2.48. The minimum atomic E-state index is 0.126. The Bertz CT molecular complexity index is 1090. The highest BCUT2D eigenvalue weighted by Gasteiger charge is 2.22. The molecule has 0 saturated heterocycles. The van der Waals surface area contributed by atoms with Gasteiger partial charge in [-0.25, -0.2) is 0 Å². The second-order valence-corrected chi connectivity index (χ2v) is 6.73. The monoisotopic (exact) mass is 388 g/mol. The number of furan rings is 1. The first-order chi connectivity index (χ1) is 12.1. The first kappa shape index (κ1) is 16.3. The molecule has 0 aliphatic heterocycles. The van der Waals surface area contributed by atoms with Crippen molar-refractivity contribution in [3.63, 3.8) is 0 Å². The zero-order valence-corrected chi connectivity index (χ0v) is 15.0. The number of halogens is 3. The molecule has 3 aromatic carbocycles. The Morgan fingerprint density at radius 3 is 2.36 bits per heavy atom. The average Bonchev–Trinajstić information content (AvgIpc) is 3.13. The largest absolute Gasteiger partial charge is 0.507 e. The van der Waals surface area contributed by atoms with Crippen molar-refractivity contribution in [3.8, 4) is 28.2 Å². The van der Waals surface area contributed by atoms with E-state index in [4.69, 9.17) is 39.2 Å². The number of hydrogen-bond acceptors (Lipinski definition) is 2. The zero-order chi connectivity index (χ0) is 17.6. The lowest BCUT2D eigenvalue weighted by molar-refractivity contribution is 0.478. The first-order valence-corrected chi connectivity index (χ1v) is 8.63. The van der Waals surface area contributed by atoms with Crippen molar-refractivity contribution in [1.82, 2.24) is 0 Å². The van der Waals surface area contributed by atoms with E-state index in [1.54, 1.807) is 30.5 Å². The van der Waals surface area contributed by atoms with Crippen molar-refractivity contribution in [2.75, 3.05) is 0 Å². The van der Waals surface area contributed by atoms with Crippen molar-refractivity contribution in [2.24, 2.45) is 0 Å². The topological polar surface area (TPSA) is 33.4 Å². The molecule has 0 fully saturated rings. The van der Waals surface area contributed by atoms with Gasteiger partial charge in [0.2, 0.25) is 0 Å². The molecule has 124 valence electrons. The predicted molar refractivity (Wildman–Crippen MR) is 104 cm³/mol. The molecule has 0 saturated carbocycles. The molecule has 5 heteroatoms. The van der Waals surface area contributed by atoms with Crippen molar-refractivity contribution in [2.45, 2.75) is 0 Å². The van der Waals surface area contributed by atoms with Crippen LogP contribution in [0.1, 0.15) is 0 Å². The summed E-state index contributed by atoms with van der Waals surface area (Å²) in [7, 11) is 0. The smallest absolute Gasteiger partial charge is 0.136 e. The molecular formula is C20H11Cl3O2. The van der Waals surface area contributed by atoms with Crippen molar-refractivity contribution in [3.05, 3.63) is 75.9 Å². The highest BCUT2D eigenvalue weighted by molar-refractivity contribution is 6.49. The maximum absolute atomic E-state index is 10.6. The van der Waals surface area contributed by atoms with E-state index in [2.05, 4.69) is 0 Å². The minimum absolute atomic E-state index is 0.126. The number of aromatic hydroxyl groups is 1. The fraction of sp³-hybridized carbons (Fsp3) is 0. The maximum atomic E-state index is 10.6. The van der Waals surface area contributed by atoms with Crippen LogP contribution in [0.25, 0.3) is 33.2 Å². The lowest BCUT2D eigenvalue weighted by atomic mass is 9.92. The summed E-state index contributed by atoms with van der Waals surface area (Å²) < 4.78 is 5.54. The van der Waals surface area contributed by atoms with Gasteiger partial charge in [0, 0.05) is 16.7 Å².